The maximum absolute atomic E-state index is 10.1. The summed E-state index contributed by atoms with van der Waals surface area (Å²) in [6.45, 7) is 0. The summed E-state index contributed by atoms with van der Waals surface area (Å²) in [6, 6.07) is 5.68. The van der Waals surface area contributed by atoms with Crippen LogP contribution in [0.1, 0.15) is 16.7 Å². The maximum atomic E-state index is 10.1. The lowest BCUT2D eigenvalue weighted by molar-refractivity contribution is 0.218. The van der Waals surface area contributed by atoms with E-state index in [0.717, 1.165) is 13.8 Å². The molecule has 1 atom stereocenters. The second-order valence-electron chi connectivity index (χ2n) is 2.94. The Balaban J connectivity index is 2.38. The fourth-order valence-corrected chi connectivity index (χ4v) is 3.12. The summed E-state index contributed by atoms with van der Waals surface area (Å²) in [5.41, 5.74) is 0.639. The number of rotatable bonds is 2. The largest absolute Gasteiger partial charge is 0.381 e. The number of halogens is 2. The fraction of sp³-hybridized carbons (Fsp3) is 0.100. The SMILES string of the molecule is OC(c1cccs1)c1ncc(Br)cc1Br. The van der Waals surface area contributed by atoms with Gasteiger partial charge in [-0.2, -0.15) is 0 Å². The molecular weight excluding hydrogens is 342 g/mol. The first-order valence-electron chi connectivity index (χ1n) is 4.21. The molecule has 5 heteroatoms. The molecule has 78 valence electrons. The van der Waals surface area contributed by atoms with E-state index in [1.165, 1.54) is 11.3 Å². The summed E-state index contributed by atoms with van der Waals surface area (Å²) in [5, 5.41) is 12.0. The molecule has 0 bridgehead atoms. The highest BCUT2D eigenvalue weighted by Gasteiger charge is 2.16. The van der Waals surface area contributed by atoms with Crippen LogP contribution in [0, 0.1) is 0 Å². The van der Waals surface area contributed by atoms with Gasteiger partial charge in [-0.25, -0.2) is 0 Å². The van der Waals surface area contributed by atoms with Gasteiger partial charge >= 0.3 is 0 Å². The van der Waals surface area contributed by atoms with Crippen molar-refractivity contribution in [3.63, 3.8) is 0 Å². The molecule has 0 aliphatic carbocycles. The first kappa shape index (κ1) is 11.3. The zero-order chi connectivity index (χ0) is 10.8. The average molecular weight is 349 g/mol. The molecule has 0 saturated heterocycles. The van der Waals surface area contributed by atoms with Crippen molar-refractivity contribution in [2.75, 3.05) is 0 Å². The van der Waals surface area contributed by atoms with Gasteiger partial charge in [0.05, 0.1) is 5.69 Å². The van der Waals surface area contributed by atoms with Crippen LogP contribution in [0.2, 0.25) is 0 Å². The van der Waals surface area contributed by atoms with Crippen LogP contribution in [0.3, 0.4) is 0 Å². The Kier molecular flexibility index (Phi) is 3.56. The van der Waals surface area contributed by atoms with Crippen LogP contribution < -0.4 is 0 Å². The van der Waals surface area contributed by atoms with Gasteiger partial charge in [0.1, 0.15) is 6.10 Å². The quantitative estimate of drug-likeness (QED) is 0.896. The van der Waals surface area contributed by atoms with E-state index in [2.05, 4.69) is 36.8 Å². The van der Waals surface area contributed by atoms with E-state index in [-0.39, 0.29) is 0 Å². The lowest BCUT2D eigenvalue weighted by Gasteiger charge is -2.09. The smallest absolute Gasteiger partial charge is 0.131 e. The topological polar surface area (TPSA) is 33.1 Å². The van der Waals surface area contributed by atoms with Crippen molar-refractivity contribution in [3.8, 4) is 0 Å². The fourth-order valence-electron chi connectivity index (χ4n) is 1.21. The highest BCUT2D eigenvalue weighted by atomic mass is 79.9. The third-order valence-corrected chi connectivity index (χ3v) is 3.90. The normalized spacial score (nSPS) is 12.7. The van der Waals surface area contributed by atoms with Gasteiger partial charge in [-0.05, 0) is 49.4 Å². The van der Waals surface area contributed by atoms with Gasteiger partial charge in [-0.3, -0.25) is 4.98 Å². The first-order valence-corrected chi connectivity index (χ1v) is 6.67. The molecule has 2 aromatic rings. The molecule has 1 unspecified atom stereocenters. The van der Waals surface area contributed by atoms with Gasteiger partial charge in [0.2, 0.25) is 0 Å². The molecular formula is C10H7Br2NOS. The number of hydrogen-bond donors (Lipinski definition) is 1. The lowest BCUT2D eigenvalue weighted by atomic mass is 10.2. The summed E-state index contributed by atoms with van der Waals surface area (Å²) in [6.07, 6.45) is 1.02. The number of aromatic nitrogens is 1. The molecule has 0 aliphatic heterocycles. The highest BCUT2D eigenvalue weighted by molar-refractivity contribution is 9.11. The van der Waals surface area contributed by atoms with Crippen LogP contribution in [0.15, 0.2) is 38.7 Å². The highest BCUT2D eigenvalue weighted by Crippen LogP contribution is 2.30. The zero-order valence-corrected chi connectivity index (χ0v) is 11.5. The molecule has 1 N–H and O–H groups in total. The second-order valence-corrected chi connectivity index (χ2v) is 5.69. The number of aliphatic hydroxyl groups is 1. The van der Waals surface area contributed by atoms with E-state index in [0.29, 0.717) is 5.69 Å². The number of nitrogens with zero attached hydrogens (tertiary/aromatic N) is 1. The van der Waals surface area contributed by atoms with Crippen molar-refractivity contribution in [1.82, 2.24) is 4.98 Å². The van der Waals surface area contributed by atoms with Gasteiger partial charge in [0, 0.05) is 20.0 Å². The minimum atomic E-state index is -0.660. The molecule has 2 nitrogen and oxygen atoms in total. The van der Waals surface area contributed by atoms with Crippen molar-refractivity contribution in [3.05, 3.63) is 49.3 Å². The van der Waals surface area contributed by atoms with Gasteiger partial charge < -0.3 is 5.11 Å². The van der Waals surface area contributed by atoms with E-state index in [9.17, 15) is 5.11 Å². The van der Waals surface area contributed by atoms with Gasteiger partial charge in [0.15, 0.2) is 0 Å². The standard InChI is InChI=1S/C10H7Br2NOS/c11-6-4-7(12)9(13-5-6)10(14)8-2-1-3-15-8/h1-5,10,14H. The molecule has 0 amide bonds. The van der Waals surface area contributed by atoms with E-state index < -0.39 is 6.10 Å². The lowest BCUT2D eigenvalue weighted by Crippen LogP contribution is -2.01. The summed E-state index contributed by atoms with van der Waals surface area (Å²) in [4.78, 5) is 5.09. The third-order valence-electron chi connectivity index (χ3n) is 1.91. The van der Waals surface area contributed by atoms with Crippen molar-refractivity contribution in [2.24, 2.45) is 0 Å². The van der Waals surface area contributed by atoms with Crippen molar-refractivity contribution >= 4 is 43.2 Å². The van der Waals surface area contributed by atoms with E-state index in [1.807, 2.05) is 23.6 Å². The predicted molar refractivity (Wildman–Crippen MR) is 68.0 cm³/mol. The predicted octanol–water partition coefficient (Wildman–Crippen LogP) is 3.75. The molecule has 2 aromatic heterocycles. The summed E-state index contributed by atoms with van der Waals surface area (Å²) in [5.74, 6) is 0. The van der Waals surface area contributed by atoms with Crippen molar-refractivity contribution in [1.29, 1.82) is 0 Å². The Morgan fingerprint density at radius 1 is 1.40 bits per heavy atom. The number of pyridine rings is 1. The van der Waals surface area contributed by atoms with E-state index in [4.69, 9.17) is 0 Å². The Morgan fingerprint density at radius 2 is 2.20 bits per heavy atom. The molecule has 0 aromatic carbocycles. The molecule has 0 fully saturated rings. The van der Waals surface area contributed by atoms with Crippen LogP contribution in [-0.2, 0) is 0 Å². The van der Waals surface area contributed by atoms with Gasteiger partial charge in [-0.1, -0.05) is 6.07 Å². The Labute approximate surface area is 108 Å². The molecule has 0 radical (unpaired) electrons. The van der Waals surface area contributed by atoms with Crippen LogP contribution in [-0.4, -0.2) is 10.1 Å². The van der Waals surface area contributed by atoms with Crippen LogP contribution in [0.4, 0.5) is 0 Å². The average Bonchev–Trinajstić information content (AvgIpc) is 2.69. The summed E-state index contributed by atoms with van der Waals surface area (Å²) >= 11 is 8.22. The molecule has 15 heavy (non-hydrogen) atoms. The minimum absolute atomic E-state index is 0.639. The Morgan fingerprint density at radius 3 is 2.80 bits per heavy atom. The molecule has 2 rings (SSSR count). The summed E-state index contributed by atoms with van der Waals surface area (Å²) in [7, 11) is 0. The zero-order valence-electron chi connectivity index (χ0n) is 7.52. The number of thiophene rings is 1. The Bertz CT molecular complexity index is 458. The van der Waals surface area contributed by atoms with Gasteiger partial charge in [0.25, 0.3) is 0 Å². The molecule has 0 spiro atoms. The molecule has 0 aliphatic rings. The van der Waals surface area contributed by atoms with E-state index >= 15 is 0 Å². The van der Waals surface area contributed by atoms with Crippen LogP contribution in [0.25, 0.3) is 0 Å². The Hall–Kier alpha value is -0.230. The van der Waals surface area contributed by atoms with Crippen LogP contribution in [0.5, 0.6) is 0 Å². The summed E-state index contributed by atoms with van der Waals surface area (Å²) < 4.78 is 1.69. The number of aliphatic hydroxyl groups excluding tert-OH is 1. The van der Waals surface area contributed by atoms with E-state index in [1.54, 1.807) is 6.20 Å². The van der Waals surface area contributed by atoms with Crippen molar-refractivity contribution in [2.45, 2.75) is 6.10 Å². The number of hydrogen-bond acceptors (Lipinski definition) is 3. The maximum Gasteiger partial charge on any atom is 0.131 e. The molecule has 0 saturated carbocycles. The molecule has 2 heterocycles. The second kappa shape index (κ2) is 4.74. The third kappa shape index (κ3) is 2.47. The minimum Gasteiger partial charge on any atom is -0.381 e. The van der Waals surface area contributed by atoms with Gasteiger partial charge in [-0.15, -0.1) is 11.3 Å². The van der Waals surface area contributed by atoms with Crippen molar-refractivity contribution < 1.29 is 5.11 Å². The first-order chi connectivity index (χ1) is 7.18. The van der Waals surface area contributed by atoms with Crippen LogP contribution >= 0.6 is 43.2 Å². The monoisotopic (exact) mass is 347 g/mol.